The molecule has 0 aliphatic carbocycles. The maximum Gasteiger partial charge on any atom is 0.410 e. The maximum absolute atomic E-state index is 13.0. The number of alkyl halides is 3. The van der Waals surface area contributed by atoms with Gasteiger partial charge in [0, 0.05) is 6.54 Å². The lowest BCUT2D eigenvalue weighted by Crippen LogP contribution is -2.26. The first kappa shape index (κ1) is 18.3. The minimum Gasteiger partial charge on any atom is -0.365 e. The number of aryl methyl sites for hydroxylation is 2. The molecule has 4 nitrogen and oxygen atoms in total. The van der Waals surface area contributed by atoms with Crippen LogP contribution < -0.4 is 5.32 Å². The molecule has 0 bridgehead atoms. The molecule has 1 aromatic heterocycles. The van der Waals surface area contributed by atoms with Crippen molar-refractivity contribution in [1.29, 1.82) is 5.26 Å². The molecule has 24 heavy (non-hydrogen) atoms. The van der Waals surface area contributed by atoms with Crippen LogP contribution in [0.25, 0.3) is 0 Å². The molecule has 0 saturated carbocycles. The predicted octanol–water partition coefficient (Wildman–Crippen LogP) is 4.87. The van der Waals surface area contributed by atoms with Crippen LogP contribution in [0.1, 0.15) is 35.2 Å². The molecule has 1 atom stereocenters. The molecule has 1 unspecified atom stereocenters. The second-order valence-corrected chi connectivity index (χ2v) is 6.31. The quantitative estimate of drug-likeness (QED) is 0.796. The summed E-state index contributed by atoms with van der Waals surface area (Å²) in [6, 6.07) is 5.83. The second-order valence-electron chi connectivity index (χ2n) is 5.56. The fourth-order valence-corrected chi connectivity index (χ4v) is 2.64. The Balaban J connectivity index is 2.34. The summed E-state index contributed by atoms with van der Waals surface area (Å²) in [6.45, 7) is 5.24. The molecule has 0 amide bonds. The Hall–Kier alpha value is -2.01. The van der Waals surface area contributed by atoms with Crippen LogP contribution in [-0.4, -0.2) is 16.0 Å². The number of hydrogen-bond donors (Lipinski definition) is 1. The van der Waals surface area contributed by atoms with Crippen LogP contribution in [0.5, 0.6) is 0 Å². The highest BCUT2D eigenvalue weighted by Crippen LogP contribution is 2.35. The van der Waals surface area contributed by atoms with Gasteiger partial charge in [0.05, 0.1) is 0 Å². The standard InChI is InChI=1S/C16H16BrF3N4/c1-9-4-5-12(6-10(9)2)8-22-15-13(7-21)14(17)23-24(15)11(3)16(18,19)20/h4-6,11,22H,8H2,1-3H3. The number of benzene rings is 1. The van der Waals surface area contributed by atoms with Crippen molar-refractivity contribution in [2.45, 2.75) is 39.5 Å². The summed E-state index contributed by atoms with van der Waals surface area (Å²) in [5, 5.41) is 16.0. The number of nitriles is 1. The summed E-state index contributed by atoms with van der Waals surface area (Å²) in [7, 11) is 0. The number of nitrogens with zero attached hydrogens (tertiary/aromatic N) is 3. The van der Waals surface area contributed by atoms with Gasteiger partial charge in [-0.05, 0) is 53.4 Å². The van der Waals surface area contributed by atoms with Gasteiger partial charge >= 0.3 is 6.18 Å². The summed E-state index contributed by atoms with van der Waals surface area (Å²) in [5.74, 6) is 0.0485. The highest BCUT2D eigenvalue weighted by atomic mass is 79.9. The van der Waals surface area contributed by atoms with E-state index in [-0.39, 0.29) is 16.0 Å². The van der Waals surface area contributed by atoms with Gasteiger partial charge in [-0.3, -0.25) is 0 Å². The van der Waals surface area contributed by atoms with Crippen LogP contribution in [0.4, 0.5) is 19.0 Å². The van der Waals surface area contributed by atoms with E-state index in [0.29, 0.717) is 6.54 Å². The maximum atomic E-state index is 13.0. The molecule has 0 saturated heterocycles. The lowest BCUT2D eigenvalue weighted by atomic mass is 10.1. The third kappa shape index (κ3) is 3.73. The highest BCUT2D eigenvalue weighted by Gasteiger charge is 2.40. The van der Waals surface area contributed by atoms with Crippen LogP contribution in [0.2, 0.25) is 0 Å². The van der Waals surface area contributed by atoms with E-state index in [2.05, 4.69) is 26.3 Å². The summed E-state index contributed by atoms with van der Waals surface area (Å²) < 4.78 is 40.0. The second kappa shape index (κ2) is 6.85. The van der Waals surface area contributed by atoms with Crippen molar-refractivity contribution < 1.29 is 13.2 Å². The van der Waals surface area contributed by atoms with E-state index in [9.17, 15) is 18.4 Å². The van der Waals surface area contributed by atoms with Crippen LogP contribution in [0.3, 0.4) is 0 Å². The van der Waals surface area contributed by atoms with E-state index in [0.717, 1.165) is 28.3 Å². The average Bonchev–Trinajstić information content (AvgIpc) is 2.82. The van der Waals surface area contributed by atoms with Crippen molar-refractivity contribution in [2.75, 3.05) is 5.32 Å². The molecule has 1 N–H and O–H groups in total. The molecule has 128 valence electrons. The number of anilines is 1. The summed E-state index contributed by atoms with van der Waals surface area (Å²) >= 11 is 3.05. The Morgan fingerprint density at radius 2 is 2.00 bits per heavy atom. The topological polar surface area (TPSA) is 53.6 Å². The highest BCUT2D eigenvalue weighted by molar-refractivity contribution is 9.10. The lowest BCUT2D eigenvalue weighted by molar-refractivity contribution is -0.164. The number of halogens is 4. The first-order valence-corrected chi connectivity index (χ1v) is 7.99. The van der Waals surface area contributed by atoms with Gasteiger partial charge < -0.3 is 5.32 Å². The summed E-state index contributed by atoms with van der Waals surface area (Å²) in [5.41, 5.74) is 3.18. The van der Waals surface area contributed by atoms with Gasteiger partial charge in [0.25, 0.3) is 0 Å². The van der Waals surface area contributed by atoms with Crippen molar-refractivity contribution in [2.24, 2.45) is 0 Å². The molecule has 1 heterocycles. The monoisotopic (exact) mass is 400 g/mol. The molecule has 2 rings (SSSR count). The Bertz CT molecular complexity index is 790. The zero-order valence-electron chi connectivity index (χ0n) is 13.4. The smallest absolute Gasteiger partial charge is 0.365 e. The first-order valence-electron chi connectivity index (χ1n) is 7.20. The Morgan fingerprint density at radius 1 is 1.33 bits per heavy atom. The van der Waals surface area contributed by atoms with E-state index >= 15 is 0 Å². The van der Waals surface area contributed by atoms with Crippen molar-refractivity contribution >= 4 is 21.7 Å². The number of nitrogens with one attached hydrogen (secondary N) is 1. The van der Waals surface area contributed by atoms with Crippen molar-refractivity contribution in [3.8, 4) is 6.07 Å². The van der Waals surface area contributed by atoms with Gasteiger partial charge in [-0.1, -0.05) is 18.2 Å². The van der Waals surface area contributed by atoms with Gasteiger partial charge in [0.2, 0.25) is 0 Å². The van der Waals surface area contributed by atoms with Crippen LogP contribution in [0, 0.1) is 25.2 Å². The van der Waals surface area contributed by atoms with Gasteiger partial charge in [-0.25, -0.2) is 4.68 Å². The van der Waals surface area contributed by atoms with Crippen molar-refractivity contribution in [1.82, 2.24) is 9.78 Å². The predicted molar refractivity (Wildman–Crippen MR) is 88.7 cm³/mol. The molecule has 2 aromatic rings. The molecule has 8 heteroatoms. The zero-order valence-corrected chi connectivity index (χ0v) is 15.0. The molecular formula is C16H16BrF3N4. The Kier molecular flexibility index (Phi) is 5.23. The largest absolute Gasteiger partial charge is 0.410 e. The molecule has 0 aliphatic rings. The molecule has 0 fully saturated rings. The molecule has 0 radical (unpaired) electrons. The van der Waals surface area contributed by atoms with Gasteiger partial charge in [0.15, 0.2) is 0 Å². The van der Waals surface area contributed by atoms with Gasteiger partial charge in [-0.15, -0.1) is 0 Å². The van der Waals surface area contributed by atoms with E-state index in [1.807, 2.05) is 38.1 Å². The minimum absolute atomic E-state index is 0.0485. The fourth-order valence-electron chi connectivity index (χ4n) is 2.19. The normalized spacial score (nSPS) is 12.8. The number of aromatic nitrogens is 2. The summed E-state index contributed by atoms with van der Waals surface area (Å²) in [6.07, 6.45) is -4.46. The van der Waals surface area contributed by atoms with E-state index in [1.54, 1.807) is 0 Å². The minimum atomic E-state index is -4.46. The Labute approximate surface area is 146 Å². The molecule has 0 spiro atoms. The van der Waals surface area contributed by atoms with Crippen molar-refractivity contribution in [3.05, 3.63) is 45.1 Å². The SMILES string of the molecule is Cc1ccc(CNc2c(C#N)c(Br)nn2C(C)C(F)(F)F)cc1C. The molecular weight excluding hydrogens is 385 g/mol. The van der Waals surface area contributed by atoms with Crippen molar-refractivity contribution in [3.63, 3.8) is 0 Å². The van der Waals surface area contributed by atoms with E-state index in [4.69, 9.17) is 0 Å². The zero-order chi connectivity index (χ0) is 18.1. The molecule has 0 aliphatic heterocycles. The Morgan fingerprint density at radius 3 is 2.54 bits per heavy atom. The van der Waals surface area contributed by atoms with Crippen LogP contribution >= 0.6 is 15.9 Å². The number of rotatable bonds is 4. The van der Waals surface area contributed by atoms with Gasteiger partial charge in [0.1, 0.15) is 28.1 Å². The fraction of sp³-hybridized carbons (Fsp3) is 0.375. The number of hydrogen-bond acceptors (Lipinski definition) is 3. The van der Waals surface area contributed by atoms with Gasteiger partial charge in [-0.2, -0.15) is 23.5 Å². The van der Waals surface area contributed by atoms with E-state index < -0.39 is 12.2 Å². The lowest BCUT2D eigenvalue weighted by Gasteiger charge is -2.19. The third-order valence-electron chi connectivity index (χ3n) is 3.85. The van der Waals surface area contributed by atoms with E-state index in [1.165, 1.54) is 0 Å². The molecule has 1 aromatic carbocycles. The average molecular weight is 401 g/mol. The third-order valence-corrected chi connectivity index (χ3v) is 4.41. The summed E-state index contributed by atoms with van der Waals surface area (Å²) in [4.78, 5) is 0. The van der Waals surface area contributed by atoms with Crippen LogP contribution in [0.15, 0.2) is 22.8 Å². The first-order chi connectivity index (χ1) is 11.1. The van der Waals surface area contributed by atoms with Crippen LogP contribution in [-0.2, 0) is 6.54 Å².